The molecule has 1 saturated carbocycles. The summed E-state index contributed by atoms with van der Waals surface area (Å²) >= 11 is 0. The molecule has 0 bridgehead atoms. The molecule has 0 unspecified atom stereocenters. The molecule has 5 N–H and O–H groups in total. The Labute approximate surface area is 178 Å². The molecule has 29 heavy (non-hydrogen) atoms. The van der Waals surface area contributed by atoms with Gasteiger partial charge in [-0.25, -0.2) is 4.79 Å². The van der Waals surface area contributed by atoms with Gasteiger partial charge in [-0.1, -0.05) is 37.5 Å². The zero-order valence-corrected chi connectivity index (χ0v) is 17.3. The van der Waals surface area contributed by atoms with E-state index in [1.165, 1.54) is 6.42 Å². The molecular weight excluding hydrogens is 388 g/mol. The number of nitrogens with one attached hydrogen (secondary N) is 3. The van der Waals surface area contributed by atoms with Crippen molar-refractivity contribution in [2.75, 3.05) is 22.5 Å². The van der Waals surface area contributed by atoms with Gasteiger partial charge in [0.1, 0.15) is 0 Å². The smallest absolute Gasteiger partial charge is 0.323 e. The minimum Gasteiger partial charge on any atom is -0.330 e. The van der Waals surface area contributed by atoms with Crippen LogP contribution in [0.15, 0.2) is 54.6 Å². The molecule has 6 nitrogen and oxygen atoms in total. The second-order valence-electron chi connectivity index (χ2n) is 7.51. The van der Waals surface area contributed by atoms with Gasteiger partial charge in [-0.2, -0.15) is 0 Å². The summed E-state index contributed by atoms with van der Waals surface area (Å²) in [4.78, 5) is 24.5. The summed E-state index contributed by atoms with van der Waals surface area (Å²) in [5.74, 6) is -0.00474. The third kappa shape index (κ3) is 6.76. The molecule has 2 aromatic rings. The minimum atomic E-state index is -0.315. The van der Waals surface area contributed by atoms with E-state index in [0.717, 1.165) is 31.4 Å². The number of rotatable bonds is 6. The molecule has 0 radical (unpaired) electrons. The average molecular weight is 417 g/mol. The van der Waals surface area contributed by atoms with E-state index in [1.807, 2.05) is 30.3 Å². The van der Waals surface area contributed by atoms with Crippen molar-refractivity contribution >= 4 is 41.4 Å². The number of anilines is 3. The Morgan fingerprint density at radius 2 is 1.31 bits per heavy atom. The molecule has 3 rings (SSSR count). The molecule has 0 heterocycles. The maximum atomic E-state index is 12.5. The monoisotopic (exact) mass is 416 g/mol. The van der Waals surface area contributed by atoms with Gasteiger partial charge in [-0.05, 0) is 61.2 Å². The van der Waals surface area contributed by atoms with Crippen LogP contribution < -0.4 is 21.7 Å². The number of hydrogen-bond donors (Lipinski definition) is 4. The van der Waals surface area contributed by atoms with E-state index in [1.54, 1.807) is 24.3 Å². The molecule has 0 spiro atoms. The maximum Gasteiger partial charge on any atom is 0.323 e. The molecule has 0 aromatic heterocycles. The van der Waals surface area contributed by atoms with Crippen LogP contribution in [0, 0.1) is 5.41 Å². The quantitative estimate of drug-likeness (QED) is 0.534. The summed E-state index contributed by atoms with van der Waals surface area (Å²) in [7, 11) is 0. The summed E-state index contributed by atoms with van der Waals surface area (Å²) in [6.07, 6.45) is 6.04. The fourth-order valence-electron chi connectivity index (χ4n) is 3.75. The van der Waals surface area contributed by atoms with Crippen LogP contribution in [0.1, 0.15) is 38.5 Å². The van der Waals surface area contributed by atoms with Gasteiger partial charge in [0.2, 0.25) is 5.91 Å². The van der Waals surface area contributed by atoms with Gasteiger partial charge < -0.3 is 21.7 Å². The number of nitrogens with two attached hydrogens (primary N) is 1. The van der Waals surface area contributed by atoms with Crippen molar-refractivity contribution in [3.05, 3.63) is 54.6 Å². The highest BCUT2D eigenvalue weighted by molar-refractivity contribution is 6.00. The number of benzene rings is 2. The van der Waals surface area contributed by atoms with Crippen LogP contribution in [-0.4, -0.2) is 18.5 Å². The van der Waals surface area contributed by atoms with Crippen LogP contribution >= 0.6 is 12.4 Å². The van der Waals surface area contributed by atoms with E-state index in [4.69, 9.17) is 5.73 Å². The van der Waals surface area contributed by atoms with Gasteiger partial charge in [0.15, 0.2) is 0 Å². The number of halogens is 1. The highest BCUT2D eigenvalue weighted by Gasteiger charge is 2.32. The van der Waals surface area contributed by atoms with E-state index in [0.29, 0.717) is 24.3 Å². The van der Waals surface area contributed by atoms with Crippen molar-refractivity contribution in [1.29, 1.82) is 0 Å². The first-order chi connectivity index (χ1) is 13.6. The zero-order valence-electron chi connectivity index (χ0n) is 16.4. The number of urea groups is 1. The van der Waals surface area contributed by atoms with Crippen LogP contribution in [-0.2, 0) is 4.79 Å². The Bertz CT molecular complexity index is 790. The molecule has 1 fully saturated rings. The Morgan fingerprint density at radius 1 is 0.793 bits per heavy atom. The van der Waals surface area contributed by atoms with Crippen LogP contribution in [0.3, 0.4) is 0 Å². The van der Waals surface area contributed by atoms with Crippen molar-refractivity contribution in [2.24, 2.45) is 11.1 Å². The Kier molecular flexibility index (Phi) is 8.49. The first-order valence-electron chi connectivity index (χ1n) is 9.82. The number of para-hydroxylation sites is 1. The summed E-state index contributed by atoms with van der Waals surface area (Å²) in [6, 6.07) is 16.0. The van der Waals surface area contributed by atoms with Crippen molar-refractivity contribution in [1.82, 2.24) is 0 Å². The molecule has 2 aromatic carbocycles. The Hall–Kier alpha value is -2.57. The third-order valence-corrected chi connectivity index (χ3v) is 5.34. The molecule has 0 aliphatic heterocycles. The normalized spacial score (nSPS) is 14.9. The van der Waals surface area contributed by atoms with E-state index in [9.17, 15) is 9.59 Å². The average Bonchev–Trinajstić information content (AvgIpc) is 2.71. The van der Waals surface area contributed by atoms with Crippen LogP contribution in [0.4, 0.5) is 21.9 Å². The summed E-state index contributed by atoms with van der Waals surface area (Å²) in [6.45, 7) is 0.555. The van der Waals surface area contributed by atoms with Gasteiger partial charge in [-0.3, -0.25) is 4.79 Å². The predicted octanol–water partition coefficient (Wildman–Crippen LogP) is 4.99. The lowest BCUT2D eigenvalue weighted by atomic mass is 9.71. The minimum absolute atomic E-state index is 0. The summed E-state index contributed by atoms with van der Waals surface area (Å²) in [5.41, 5.74) is 8.00. The topological polar surface area (TPSA) is 96.2 Å². The van der Waals surface area contributed by atoms with E-state index >= 15 is 0 Å². The lowest BCUT2D eigenvalue weighted by Crippen LogP contribution is -2.36. The summed E-state index contributed by atoms with van der Waals surface area (Å²) in [5, 5.41) is 8.48. The van der Waals surface area contributed by atoms with Crippen LogP contribution in [0.2, 0.25) is 0 Å². The zero-order chi connectivity index (χ0) is 19.8. The van der Waals surface area contributed by atoms with Gasteiger partial charge in [-0.15, -0.1) is 12.4 Å². The number of hydrogen-bond acceptors (Lipinski definition) is 3. The van der Waals surface area contributed by atoms with Crippen molar-refractivity contribution in [3.63, 3.8) is 0 Å². The molecule has 156 valence electrons. The second-order valence-corrected chi connectivity index (χ2v) is 7.51. The Balaban J connectivity index is 0.00000300. The van der Waals surface area contributed by atoms with Gasteiger partial charge in [0.05, 0.1) is 0 Å². The van der Waals surface area contributed by atoms with E-state index < -0.39 is 0 Å². The lowest BCUT2D eigenvalue weighted by molar-refractivity contribution is -0.118. The van der Waals surface area contributed by atoms with Crippen LogP contribution in [0.25, 0.3) is 0 Å². The van der Waals surface area contributed by atoms with Crippen molar-refractivity contribution in [3.8, 4) is 0 Å². The largest absolute Gasteiger partial charge is 0.330 e. The summed E-state index contributed by atoms with van der Waals surface area (Å²) < 4.78 is 0. The molecule has 1 aliphatic carbocycles. The first-order valence-corrected chi connectivity index (χ1v) is 9.82. The van der Waals surface area contributed by atoms with Gasteiger partial charge in [0, 0.05) is 23.5 Å². The molecule has 1 aliphatic rings. The van der Waals surface area contributed by atoms with Crippen molar-refractivity contribution in [2.45, 2.75) is 38.5 Å². The van der Waals surface area contributed by atoms with Gasteiger partial charge in [0.25, 0.3) is 0 Å². The third-order valence-electron chi connectivity index (χ3n) is 5.34. The highest BCUT2D eigenvalue weighted by atomic mass is 35.5. The van der Waals surface area contributed by atoms with Crippen molar-refractivity contribution < 1.29 is 9.59 Å². The lowest BCUT2D eigenvalue weighted by Gasteiger charge is -2.35. The van der Waals surface area contributed by atoms with Crippen LogP contribution in [0.5, 0.6) is 0 Å². The maximum absolute atomic E-state index is 12.5. The molecule has 0 atom stereocenters. The van der Waals surface area contributed by atoms with E-state index in [-0.39, 0.29) is 29.8 Å². The number of carbonyl (C=O) groups is 2. The molecular formula is C22H29ClN4O2. The predicted molar refractivity (Wildman–Crippen MR) is 121 cm³/mol. The van der Waals surface area contributed by atoms with Gasteiger partial charge >= 0.3 is 6.03 Å². The fraction of sp³-hybridized carbons (Fsp3) is 0.364. The van der Waals surface area contributed by atoms with E-state index in [2.05, 4.69) is 16.0 Å². The Morgan fingerprint density at radius 3 is 1.86 bits per heavy atom. The first kappa shape index (κ1) is 22.7. The number of amides is 3. The second kappa shape index (κ2) is 10.8. The highest BCUT2D eigenvalue weighted by Crippen LogP contribution is 2.38. The fourth-order valence-corrected chi connectivity index (χ4v) is 3.75. The molecule has 3 amide bonds. The standard InChI is InChI=1S/C22H28N4O2.ClH/c23-16-22(13-5-2-6-14-22)15-20(27)24-18-9-11-19(12-10-18)26-21(28)25-17-7-3-1-4-8-17;/h1,3-4,7-12H,2,5-6,13-16,23H2,(H,24,27)(H2,25,26,28);1H. The SMILES string of the molecule is Cl.NCC1(CC(=O)Nc2ccc(NC(=O)Nc3ccccc3)cc2)CCCCC1. The molecule has 7 heteroatoms. The molecule has 0 saturated heterocycles. The number of carbonyl (C=O) groups excluding carboxylic acids is 2.